The number of ether oxygens (including phenoxy) is 3. The fourth-order valence-corrected chi connectivity index (χ4v) is 6.01. The van der Waals surface area contributed by atoms with Crippen LogP contribution in [0.5, 0.6) is 0 Å². The maximum atomic E-state index is 12.3. The second-order valence-electron chi connectivity index (χ2n) is 13.1. The lowest BCUT2D eigenvalue weighted by molar-refractivity contribution is -0.199. The Balaban J connectivity index is 2.41. The Bertz CT molecular complexity index is 968. The molecular formula is C36H65O12P. The van der Waals surface area contributed by atoms with E-state index in [2.05, 4.69) is 18.4 Å². The third-order valence-corrected chi connectivity index (χ3v) is 9.00. The molecule has 0 saturated carbocycles. The highest BCUT2D eigenvalue weighted by atomic mass is 31.2. The van der Waals surface area contributed by atoms with Crippen molar-refractivity contribution in [3.63, 3.8) is 0 Å². The number of hydrogen-bond acceptors (Lipinski definition) is 10. The molecule has 12 nitrogen and oxygen atoms in total. The van der Waals surface area contributed by atoms with E-state index in [-0.39, 0.29) is 31.8 Å². The van der Waals surface area contributed by atoms with Gasteiger partial charge < -0.3 is 39.3 Å². The van der Waals surface area contributed by atoms with Crippen molar-refractivity contribution in [2.45, 2.75) is 173 Å². The van der Waals surface area contributed by atoms with Gasteiger partial charge in [0.2, 0.25) is 0 Å². The molecule has 0 radical (unpaired) electrons. The summed E-state index contributed by atoms with van der Waals surface area (Å²) in [4.78, 5) is 42.8. The van der Waals surface area contributed by atoms with Crippen molar-refractivity contribution in [1.82, 2.24) is 0 Å². The van der Waals surface area contributed by atoms with Crippen molar-refractivity contribution >= 4 is 19.8 Å². The summed E-state index contributed by atoms with van der Waals surface area (Å²) < 4.78 is 31.8. The summed E-state index contributed by atoms with van der Waals surface area (Å²) >= 11 is 0. The lowest BCUT2D eigenvalue weighted by atomic mass is 9.87. The molecule has 13 heteroatoms. The average molecular weight is 721 g/mol. The summed E-state index contributed by atoms with van der Waals surface area (Å²) in [5, 5.41) is 30.7. The number of unbranched alkanes of at least 4 members (excludes halogenated alkanes) is 12. The molecular weight excluding hydrogens is 655 g/mol. The maximum Gasteiger partial charge on any atom is 0.469 e. The molecule has 49 heavy (non-hydrogen) atoms. The number of rotatable bonds is 29. The molecule has 1 aliphatic rings. The Morgan fingerprint density at radius 1 is 0.837 bits per heavy atom. The van der Waals surface area contributed by atoms with Gasteiger partial charge in [-0.2, -0.15) is 0 Å². The van der Waals surface area contributed by atoms with Gasteiger partial charge in [-0.05, 0) is 32.1 Å². The molecule has 0 aliphatic carbocycles. The average Bonchev–Trinajstić information content (AvgIpc) is 3.04. The first kappa shape index (κ1) is 45.4. The van der Waals surface area contributed by atoms with Crippen molar-refractivity contribution in [3.8, 4) is 0 Å². The predicted molar refractivity (Wildman–Crippen MR) is 187 cm³/mol. The molecule has 1 saturated heterocycles. The highest BCUT2D eigenvalue weighted by Crippen LogP contribution is 2.36. The van der Waals surface area contributed by atoms with E-state index in [1.807, 2.05) is 12.2 Å². The molecule has 1 fully saturated rings. The van der Waals surface area contributed by atoms with Gasteiger partial charge in [0.1, 0.15) is 6.61 Å². The molecule has 6 atom stereocenters. The molecule has 1 unspecified atom stereocenters. The van der Waals surface area contributed by atoms with Crippen molar-refractivity contribution in [1.29, 1.82) is 0 Å². The Morgan fingerprint density at radius 2 is 1.45 bits per heavy atom. The quantitative estimate of drug-likeness (QED) is 0.0243. The molecule has 0 bridgehead atoms. The molecule has 1 rings (SSSR count). The number of hydrogen-bond donors (Lipinski definition) is 5. The molecule has 1 heterocycles. The van der Waals surface area contributed by atoms with Gasteiger partial charge in [0.25, 0.3) is 0 Å². The first-order chi connectivity index (χ1) is 23.4. The van der Waals surface area contributed by atoms with Gasteiger partial charge in [-0.1, -0.05) is 115 Å². The SMILES string of the molecule is CCCCCCCCCCCCC(=O)O[C@H](COC(=O)CCC/C=C\C[C@H]1[C@@H](O)CC(O)O[C@@H]1/C=C/[C@@H](O)CCCCC)COP(=O)(O)O. The number of carbonyl (C=O) groups is 2. The van der Waals surface area contributed by atoms with Crippen LogP contribution in [0.4, 0.5) is 0 Å². The second kappa shape index (κ2) is 28.0. The van der Waals surface area contributed by atoms with Crippen molar-refractivity contribution in [3.05, 3.63) is 24.3 Å². The fourth-order valence-electron chi connectivity index (χ4n) is 5.65. The molecule has 0 spiro atoms. The van der Waals surface area contributed by atoms with Crippen molar-refractivity contribution in [2.24, 2.45) is 5.92 Å². The van der Waals surface area contributed by atoms with Gasteiger partial charge in [-0.15, -0.1) is 0 Å². The van der Waals surface area contributed by atoms with Crippen molar-refractivity contribution < 1.29 is 58.0 Å². The van der Waals surface area contributed by atoms with E-state index in [1.165, 1.54) is 38.5 Å². The number of phosphoric ester groups is 1. The molecule has 0 aromatic carbocycles. The summed E-state index contributed by atoms with van der Waals surface area (Å²) in [6, 6.07) is 0. The zero-order chi connectivity index (χ0) is 36.3. The standard InChI is InChI=1S/C36H65O12P/c1-3-5-7-8-9-10-11-12-13-19-23-35(40)47-30(28-46-49(42,43)44)27-45-34(39)22-18-15-14-17-21-31-32(38)26-36(41)48-33(31)25-24-29(37)20-16-6-4-2/h14,17,24-25,29-33,36-38,41H,3-13,15-16,18-23,26-28H2,1-2H3,(H2,42,43,44)/b17-14-,25-24+/t29-,30+,31-,32-,33+,36?/m0/s1. The van der Waals surface area contributed by atoms with Gasteiger partial charge in [0.05, 0.1) is 24.9 Å². The van der Waals surface area contributed by atoms with E-state index in [4.69, 9.17) is 24.0 Å². The number of aliphatic hydroxyl groups excluding tert-OH is 3. The topological polar surface area (TPSA) is 189 Å². The number of phosphoric acid groups is 1. The van der Waals surface area contributed by atoms with Crippen LogP contribution < -0.4 is 0 Å². The van der Waals surface area contributed by atoms with Gasteiger partial charge in [0, 0.05) is 25.2 Å². The van der Waals surface area contributed by atoms with Crippen LogP contribution in [0, 0.1) is 5.92 Å². The van der Waals surface area contributed by atoms with E-state index in [0.717, 1.165) is 38.5 Å². The number of esters is 2. The summed E-state index contributed by atoms with van der Waals surface area (Å²) in [5.41, 5.74) is 0. The largest absolute Gasteiger partial charge is 0.469 e. The van der Waals surface area contributed by atoms with E-state index in [0.29, 0.717) is 32.1 Å². The van der Waals surface area contributed by atoms with E-state index < -0.39 is 57.1 Å². The summed E-state index contributed by atoms with van der Waals surface area (Å²) in [7, 11) is -4.81. The van der Waals surface area contributed by atoms with Gasteiger partial charge in [-0.3, -0.25) is 14.1 Å². The Hall–Kier alpha value is -1.63. The Labute approximate surface area is 293 Å². The van der Waals surface area contributed by atoms with Crippen LogP contribution in [0.3, 0.4) is 0 Å². The van der Waals surface area contributed by atoms with Crippen LogP contribution in [0.15, 0.2) is 24.3 Å². The smallest absolute Gasteiger partial charge is 0.462 e. The fraction of sp³-hybridized carbons (Fsp3) is 0.833. The maximum absolute atomic E-state index is 12.3. The minimum atomic E-state index is -4.81. The Morgan fingerprint density at radius 3 is 2.10 bits per heavy atom. The first-order valence-electron chi connectivity index (χ1n) is 18.5. The highest BCUT2D eigenvalue weighted by Gasteiger charge is 2.35. The first-order valence-corrected chi connectivity index (χ1v) is 20.1. The van der Waals surface area contributed by atoms with Crippen LogP contribution >= 0.6 is 7.82 Å². The highest BCUT2D eigenvalue weighted by molar-refractivity contribution is 7.46. The lowest BCUT2D eigenvalue weighted by Gasteiger charge is -2.36. The molecule has 0 aromatic rings. The number of allylic oxidation sites excluding steroid dienone is 2. The van der Waals surface area contributed by atoms with Crippen molar-refractivity contribution in [2.75, 3.05) is 13.2 Å². The number of aliphatic hydroxyl groups is 3. The molecule has 0 amide bonds. The van der Waals surface area contributed by atoms with Gasteiger partial charge in [0.15, 0.2) is 12.4 Å². The van der Waals surface area contributed by atoms with Crippen LogP contribution in [0.25, 0.3) is 0 Å². The molecule has 286 valence electrons. The van der Waals surface area contributed by atoms with E-state index in [1.54, 1.807) is 12.2 Å². The lowest BCUT2D eigenvalue weighted by Crippen LogP contribution is -2.43. The van der Waals surface area contributed by atoms with Crippen LogP contribution in [0.2, 0.25) is 0 Å². The third kappa shape index (κ3) is 25.0. The third-order valence-electron chi connectivity index (χ3n) is 8.52. The number of carbonyl (C=O) groups excluding carboxylic acids is 2. The minimum Gasteiger partial charge on any atom is -0.462 e. The second-order valence-corrected chi connectivity index (χ2v) is 14.3. The molecule has 1 aliphatic heterocycles. The van der Waals surface area contributed by atoms with Gasteiger partial charge >= 0.3 is 19.8 Å². The van der Waals surface area contributed by atoms with Crippen LogP contribution in [-0.4, -0.2) is 81.0 Å². The monoisotopic (exact) mass is 720 g/mol. The minimum absolute atomic E-state index is 0.0750. The van der Waals surface area contributed by atoms with Crippen LogP contribution in [0.1, 0.15) is 142 Å². The van der Waals surface area contributed by atoms with Crippen LogP contribution in [-0.2, 0) is 32.9 Å². The predicted octanol–water partition coefficient (Wildman–Crippen LogP) is 6.56. The summed E-state index contributed by atoms with van der Waals surface area (Å²) in [6.45, 7) is 3.31. The zero-order valence-electron chi connectivity index (χ0n) is 29.9. The van der Waals surface area contributed by atoms with E-state index >= 15 is 0 Å². The van der Waals surface area contributed by atoms with Gasteiger partial charge in [-0.25, -0.2) is 4.57 Å². The normalized spacial score (nSPS) is 21.3. The Kier molecular flexibility index (Phi) is 26.0. The summed E-state index contributed by atoms with van der Waals surface area (Å²) in [5.74, 6) is -1.39. The zero-order valence-corrected chi connectivity index (χ0v) is 30.8. The molecule has 5 N–H and O–H groups in total. The summed E-state index contributed by atoms with van der Waals surface area (Å²) in [6.07, 6.45) is 19.6. The van der Waals surface area contributed by atoms with E-state index in [9.17, 15) is 29.5 Å². The molecule has 0 aromatic heterocycles.